The summed E-state index contributed by atoms with van der Waals surface area (Å²) in [5.74, 6) is 1.11. The third-order valence-electron chi connectivity index (χ3n) is 9.52. The molecule has 2 heterocycles. The molecule has 31 heavy (non-hydrogen) atoms. The Labute approximate surface area is 204 Å². The van der Waals surface area contributed by atoms with Crippen LogP contribution in [0.15, 0.2) is 11.6 Å². The number of Topliss-reactive ketones (excluding diaryl/α,β-unsaturated/α-hetero) is 1. The molecule has 5 nitrogen and oxygen atoms in total. The fraction of sp³-hybridized carbons (Fsp3) is 0.783. The van der Waals surface area contributed by atoms with Gasteiger partial charge in [-0.25, -0.2) is 0 Å². The predicted molar refractivity (Wildman–Crippen MR) is 130 cm³/mol. The Morgan fingerprint density at radius 1 is 1.10 bits per heavy atom. The number of esters is 1. The van der Waals surface area contributed by atoms with E-state index in [4.69, 9.17) is 9.47 Å². The second-order valence-electron chi connectivity index (χ2n) is 10.4. The van der Waals surface area contributed by atoms with Gasteiger partial charge in [0.2, 0.25) is 0 Å². The molecular weight excluding hydrogens is 452 g/mol. The number of hydrogen-bond donors (Lipinski definition) is 0. The lowest BCUT2D eigenvalue weighted by Gasteiger charge is -2.56. The molecule has 0 aromatic carbocycles. The zero-order valence-corrected chi connectivity index (χ0v) is 21.2. The van der Waals surface area contributed by atoms with Gasteiger partial charge in [-0.05, 0) is 57.4 Å². The Morgan fingerprint density at radius 3 is 2.48 bits per heavy atom. The first-order chi connectivity index (χ1) is 13.3. The van der Waals surface area contributed by atoms with Gasteiger partial charge in [-0.1, -0.05) is 12.5 Å². The van der Waals surface area contributed by atoms with Crippen LogP contribution in [0, 0.1) is 29.1 Å². The van der Waals surface area contributed by atoms with E-state index in [9.17, 15) is 14.4 Å². The molecule has 4 aliphatic carbocycles. The normalized spacial score (nSPS) is 48.5. The summed E-state index contributed by atoms with van der Waals surface area (Å²) in [4.78, 5) is 36.9. The van der Waals surface area contributed by atoms with Crippen LogP contribution < -0.4 is 0 Å². The van der Waals surface area contributed by atoms with Crippen molar-refractivity contribution in [2.45, 2.75) is 82.5 Å². The zero-order chi connectivity index (χ0) is 19.5. The third-order valence-corrected chi connectivity index (χ3v) is 9.52. The minimum atomic E-state index is -0.319. The maximum Gasteiger partial charge on any atom is 0.306 e. The highest BCUT2D eigenvalue weighted by Gasteiger charge is 2.80. The summed E-state index contributed by atoms with van der Waals surface area (Å²) in [6.45, 7) is 3.98. The van der Waals surface area contributed by atoms with Crippen molar-refractivity contribution in [1.29, 1.82) is 0 Å². The fourth-order valence-corrected chi connectivity index (χ4v) is 8.25. The highest BCUT2D eigenvalue weighted by atomic mass is 32.1. The molecule has 2 spiro atoms. The summed E-state index contributed by atoms with van der Waals surface area (Å²) in [6, 6.07) is 0. The predicted octanol–water partition coefficient (Wildman–Crippen LogP) is 3.49. The first-order valence-corrected chi connectivity index (χ1v) is 10.9. The van der Waals surface area contributed by atoms with Gasteiger partial charge in [0.05, 0.1) is 6.10 Å². The van der Waals surface area contributed by atoms with Gasteiger partial charge in [-0.2, -0.15) is 40.5 Å². The fourth-order valence-electron chi connectivity index (χ4n) is 8.25. The summed E-state index contributed by atoms with van der Waals surface area (Å²) < 4.78 is 12.5. The quantitative estimate of drug-likeness (QED) is 0.419. The average Bonchev–Trinajstić information content (AvgIpc) is 3.13. The third kappa shape index (κ3) is 3.00. The van der Waals surface area contributed by atoms with E-state index in [2.05, 4.69) is 6.92 Å². The van der Waals surface area contributed by atoms with E-state index in [0.717, 1.165) is 37.7 Å². The van der Waals surface area contributed by atoms with Gasteiger partial charge in [-0.3, -0.25) is 14.4 Å². The van der Waals surface area contributed by atoms with E-state index in [1.165, 1.54) is 0 Å². The van der Waals surface area contributed by atoms with Crippen LogP contribution >= 0.6 is 40.5 Å². The number of rotatable bonds is 1. The number of ether oxygens (including phenoxy) is 2. The smallest absolute Gasteiger partial charge is 0.306 e. The molecule has 8 atom stereocenters. The number of fused-ring (bicyclic) bond motifs is 4. The molecule has 2 saturated heterocycles. The molecule has 8 heteroatoms. The molecule has 2 aliphatic heterocycles. The van der Waals surface area contributed by atoms with Crippen molar-refractivity contribution in [3.05, 3.63) is 11.6 Å². The molecule has 5 fully saturated rings. The van der Waals surface area contributed by atoms with Crippen LogP contribution in [0.3, 0.4) is 0 Å². The van der Waals surface area contributed by atoms with E-state index in [1.54, 1.807) is 6.92 Å². The number of carbonyl (C=O) groups is 3. The van der Waals surface area contributed by atoms with Gasteiger partial charge in [0.15, 0.2) is 5.78 Å². The summed E-state index contributed by atoms with van der Waals surface area (Å²) in [7, 11) is 0. The van der Waals surface area contributed by atoms with E-state index < -0.39 is 0 Å². The molecule has 174 valence electrons. The van der Waals surface area contributed by atoms with E-state index in [-0.39, 0.29) is 92.6 Å². The number of hydrogen-bond acceptors (Lipinski definition) is 5. The van der Waals surface area contributed by atoms with Gasteiger partial charge >= 0.3 is 5.97 Å². The SMILES string of the molecule is CC(=O)[C@@H]1CC2=CC(=O)CC[C@]2(C)C23O[C@@H]2CC2[C@@H](CC[C@@]24CCC(=O)O4)[C@H]13.S.S.S. The minimum absolute atomic E-state index is 0. The van der Waals surface area contributed by atoms with Crippen molar-refractivity contribution in [2.24, 2.45) is 29.1 Å². The minimum Gasteiger partial charge on any atom is -0.459 e. The Kier molecular flexibility index (Phi) is 6.35. The van der Waals surface area contributed by atoms with E-state index in [1.807, 2.05) is 6.08 Å². The van der Waals surface area contributed by atoms with Crippen LogP contribution in [0.25, 0.3) is 0 Å². The summed E-state index contributed by atoms with van der Waals surface area (Å²) in [6.07, 6.45) is 8.24. The van der Waals surface area contributed by atoms with Crippen molar-refractivity contribution in [1.82, 2.24) is 0 Å². The second-order valence-corrected chi connectivity index (χ2v) is 10.4. The largest absolute Gasteiger partial charge is 0.459 e. The van der Waals surface area contributed by atoms with Gasteiger partial charge < -0.3 is 9.47 Å². The van der Waals surface area contributed by atoms with Crippen molar-refractivity contribution in [3.63, 3.8) is 0 Å². The topological polar surface area (TPSA) is 73.0 Å². The second kappa shape index (κ2) is 7.81. The van der Waals surface area contributed by atoms with Crippen LogP contribution in [0.4, 0.5) is 0 Å². The molecule has 6 aliphatic rings. The highest BCUT2D eigenvalue weighted by Crippen LogP contribution is 2.75. The molecule has 2 unspecified atom stereocenters. The van der Waals surface area contributed by atoms with Crippen LogP contribution in [-0.2, 0) is 23.9 Å². The number of epoxide rings is 1. The van der Waals surface area contributed by atoms with Gasteiger partial charge in [0.25, 0.3) is 0 Å². The van der Waals surface area contributed by atoms with Crippen LogP contribution in [0.5, 0.6) is 0 Å². The number of ketones is 2. The monoisotopic (exact) mass is 486 g/mol. The Bertz CT molecular complexity index is 858. The molecule has 0 aromatic heterocycles. The lowest BCUT2D eigenvalue weighted by atomic mass is 9.46. The lowest BCUT2D eigenvalue weighted by Crippen LogP contribution is -2.60. The number of carbonyl (C=O) groups excluding carboxylic acids is 3. The van der Waals surface area contributed by atoms with E-state index in [0.29, 0.717) is 31.1 Å². The van der Waals surface area contributed by atoms with Gasteiger partial charge in [0.1, 0.15) is 17.0 Å². The van der Waals surface area contributed by atoms with Gasteiger partial charge in [0, 0.05) is 36.0 Å². The first-order valence-electron chi connectivity index (χ1n) is 10.9. The summed E-state index contributed by atoms with van der Waals surface area (Å²) in [5.41, 5.74) is 0.376. The molecule has 0 amide bonds. The van der Waals surface area contributed by atoms with Crippen molar-refractivity contribution in [2.75, 3.05) is 0 Å². The van der Waals surface area contributed by atoms with Crippen LogP contribution in [-0.4, -0.2) is 34.8 Å². The Balaban J connectivity index is 0.000000907. The van der Waals surface area contributed by atoms with Crippen LogP contribution in [0.1, 0.15) is 65.2 Å². The molecule has 0 N–H and O–H groups in total. The lowest BCUT2D eigenvalue weighted by molar-refractivity contribution is -0.154. The average molecular weight is 487 g/mol. The molecule has 0 aromatic rings. The summed E-state index contributed by atoms with van der Waals surface area (Å²) >= 11 is 0. The maximum atomic E-state index is 12.8. The molecular formula is C23H34O5S3. The molecule has 3 saturated carbocycles. The van der Waals surface area contributed by atoms with Crippen LogP contribution in [0.2, 0.25) is 0 Å². The maximum absolute atomic E-state index is 12.8. The first kappa shape index (κ1) is 25.2. The van der Waals surface area contributed by atoms with E-state index >= 15 is 0 Å². The van der Waals surface area contributed by atoms with Crippen molar-refractivity contribution < 1.29 is 23.9 Å². The molecule has 6 rings (SSSR count). The Hall–Kier alpha value is -0.440. The van der Waals surface area contributed by atoms with Gasteiger partial charge in [-0.15, -0.1) is 0 Å². The zero-order valence-electron chi connectivity index (χ0n) is 18.2. The van der Waals surface area contributed by atoms with Crippen molar-refractivity contribution in [3.8, 4) is 0 Å². The Morgan fingerprint density at radius 2 is 1.84 bits per heavy atom. The molecule has 0 radical (unpaired) electrons. The molecule has 0 bridgehead atoms. The highest BCUT2D eigenvalue weighted by molar-refractivity contribution is 7.59. The van der Waals surface area contributed by atoms with Crippen molar-refractivity contribution >= 4 is 58.0 Å². The summed E-state index contributed by atoms with van der Waals surface area (Å²) in [5, 5.41) is 0. The standard InChI is InChI=1S/C23H28O5.3H2S/c1-12(24)16-10-13-9-14(25)3-6-21(13,2)23-18(27-23)11-17-15(20(16)23)4-7-22(17)8-5-19(26)28-22;;;/h9,15-18,20H,3-8,10-11H2,1-2H3;3*1H2/t15-,16+,17?,18-,20-,21+,22-,23?;;;/m1.../s1.